The van der Waals surface area contributed by atoms with Crippen LogP contribution in [0.15, 0.2) is 10.4 Å². The van der Waals surface area contributed by atoms with Crippen molar-refractivity contribution in [2.45, 2.75) is 45.6 Å². The van der Waals surface area contributed by atoms with Crippen molar-refractivity contribution in [1.82, 2.24) is 15.6 Å². The predicted octanol–water partition coefficient (Wildman–Crippen LogP) is 3.35. The summed E-state index contributed by atoms with van der Waals surface area (Å²) in [6, 6.07) is 0. The van der Waals surface area contributed by atoms with Crippen LogP contribution in [0.1, 0.15) is 49.7 Å². The number of aromatic nitrogens is 1. The van der Waals surface area contributed by atoms with Gasteiger partial charge in [0.2, 0.25) is 0 Å². The van der Waals surface area contributed by atoms with Gasteiger partial charge in [-0.2, -0.15) is 0 Å². The largest absolute Gasteiger partial charge is 0.356 e. The molecule has 0 amide bonds. The molecule has 1 fully saturated rings. The molecular weight excluding hydrogens is 383 g/mol. The quantitative estimate of drug-likeness (QED) is 0.431. The molecule has 6 heteroatoms. The molecule has 0 saturated heterocycles. The molecule has 1 aliphatic carbocycles. The zero-order chi connectivity index (χ0) is 13.7. The summed E-state index contributed by atoms with van der Waals surface area (Å²) in [5.41, 5.74) is 1.18. The number of nitrogens with one attached hydrogen (secondary N) is 2. The summed E-state index contributed by atoms with van der Waals surface area (Å²) in [4.78, 5) is 8.84. The van der Waals surface area contributed by atoms with Crippen molar-refractivity contribution in [3.63, 3.8) is 0 Å². The maximum absolute atomic E-state index is 4.61. The van der Waals surface area contributed by atoms with Gasteiger partial charge in [0.25, 0.3) is 0 Å². The van der Waals surface area contributed by atoms with Gasteiger partial charge in [-0.1, -0.05) is 26.7 Å². The van der Waals surface area contributed by atoms with Gasteiger partial charge in [0.1, 0.15) is 5.01 Å². The van der Waals surface area contributed by atoms with E-state index in [0.29, 0.717) is 5.92 Å². The van der Waals surface area contributed by atoms with Gasteiger partial charge in [0, 0.05) is 19.0 Å². The van der Waals surface area contributed by atoms with E-state index in [4.69, 9.17) is 0 Å². The standard InChI is InChI=1S/C14H24N4S.HI/c1-10(2)12-9-19-13(18-12)8-17-14(15-3)16-7-6-11-4-5-11;/h9-11H,4-8H2,1-3H3,(H2,15,16,17);1H. The highest BCUT2D eigenvalue weighted by atomic mass is 127. The van der Waals surface area contributed by atoms with E-state index in [1.807, 2.05) is 7.05 Å². The number of thiazole rings is 1. The van der Waals surface area contributed by atoms with Crippen LogP contribution in [0.5, 0.6) is 0 Å². The number of rotatable bonds is 6. The Hall–Kier alpha value is -0.370. The third-order valence-electron chi connectivity index (χ3n) is 3.33. The lowest BCUT2D eigenvalue weighted by atomic mass is 10.2. The van der Waals surface area contributed by atoms with Crippen LogP contribution in [0.3, 0.4) is 0 Å². The number of hydrogen-bond acceptors (Lipinski definition) is 3. The van der Waals surface area contributed by atoms with Crippen LogP contribution >= 0.6 is 35.3 Å². The molecule has 1 saturated carbocycles. The molecule has 20 heavy (non-hydrogen) atoms. The Morgan fingerprint density at radius 3 is 2.75 bits per heavy atom. The van der Waals surface area contributed by atoms with E-state index in [2.05, 4.69) is 39.8 Å². The van der Waals surface area contributed by atoms with E-state index < -0.39 is 0 Å². The first-order chi connectivity index (χ1) is 9.19. The zero-order valence-corrected chi connectivity index (χ0v) is 15.6. The number of hydrogen-bond donors (Lipinski definition) is 2. The summed E-state index contributed by atoms with van der Waals surface area (Å²) >= 11 is 1.71. The van der Waals surface area contributed by atoms with Crippen molar-refractivity contribution in [3.05, 3.63) is 16.1 Å². The van der Waals surface area contributed by atoms with Gasteiger partial charge in [0.05, 0.1) is 12.2 Å². The summed E-state index contributed by atoms with van der Waals surface area (Å²) in [5.74, 6) is 2.33. The van der Waals surface area contributed by atoms with Crippen molar-refractivity contribution < 1.29 is 0 Å². The van der Waals surface area contributed by atoms with Crippen LogP contribution in [0.25, 0.3) is 0 Å². The van der Waals surface area contributed by atoms with Crippen LogP contribution in [0.2, 0.25) is 0 Å². The van der Waals surface area contributed by atoms with Gasteiger partial charge >= 0.3 is 0 Å². The molecule has 0 unspecified atom stereocenters. The Morgan fingerprint density at radius 1 is 1.45 bits per heavy atom. The van der Waals surface area contributed by atoms with Gasteiger partial charge in [0.15, 0.2) is 5.96 Å². The highest BCUT2D eigenvalue weighted by Gasteiger charge is 2.20. The highest BCUT2D eigenvalue weighted by molar-refractivity contribution is 14.0. The Balaban J connectivity index is 0.00000200. The summed E-state index contributed by atoms with van der Waals surface area (Å²) in [5, 5.41) is 9.94. The SMILES string of the molecule is CN=C(NCCC1CC1)NCc1nc(C(C)C)cs1.I. The minimum absolute atomic E-state index is 0. The van der Waals surface area contributed by atoms with E-state index in [9.17, 15) is 0 Å². The predicted molar refractivity (Wildman–Crippen MR) is 97.2 cm³/mol. The molecule has 1 aliphatic rings. The van der Waals surface area contributed by atoms with Crippen molar-refractivity contribution in [2.75, 3.05) is 13.6 Å². The molecule has 1 heterocycles. The first-order valence-corrected chi connectivity index (χ1v) is 7.95. The molecule has 2 N–H and O–H groups in total. The van der Waals surface area contributed by atoms with Crippen molar-refractivity contribution in [3.8, 4) is 0 Å². The molecule has 0 radical (unpaired) electrons. The Bertz CT molecular complexity index is 427. The van der Waals surface area contributed by atoms with Crippen molar-refractivity contribution in [1.29, 1.82) is 0 Å². The molecule has 0 aliphatic heterocycles. The summed E-state index contributed by atoms with van der Waals surface area (Å²) in [7, 11) is 1.81. The van der Waals surface area contributed by atoms with E-state index in [1.165, 1.54) is 25.0 Å². The van der Waals surface area contributed by atoms with Crippen LogP contribution in [-0.4, -0.2) is 24.5 Å². The Morgan fingerprint density at radius 2 is 2.20 bits per heavy atom. The number of nitrogens with zero attached hydrogens (tertiary/aromatic N) is 2. The van der Waals surface area contributed by atoms with E-state index in [0.717, 1.165) is 30.0 Å². The van der Waals surface area contributed by atoms with Crippen LogP contribution in [0.4, 0.5) is 0 Å². The summed E-state index contributed by atoms with van der Waals surface area (Å²) < 4.78 is 0. The minimum atomic E-state index is 0. The lowest BCUT2D eigenvalue weighted by molar-refractivity contribution is 0.683. The third kappa shape index (κ3) is 5.95. The molecule has 2 rings (SSSR count). The Kier molecular flexibility index (Phi) is 7.79. The van der Waals surface area contributed by atoms with Crippen LogP contribution in [-0.2, 0) is 6.54 Å². The van der Waals surface area contributed by atoms with Crippen molar-refractivity contribution in [2.24, 2.45) is 10.9 Å². The fourth-order valence-corrected chi connectivity index (χ4v) is 2.75. The average Bonchev–Trinajstić information content (AvgIpc) is 3.09. The highest BCUT2D eigenvalue weighted by Crippen LogP contribution is 2.31. The van der Waals surface area contributed by atoms with Gasteiger partial charge in [-0.05, 0) is 18.3 Å². The van der Waals surface area contributed by atoms with E-state index >= 15 is 0 Å². The fourth-order valence-electron chi connectivity index (χ4n) is 1.85. The smallest absolute Gasteiger partial charge is 0.191 e. The summed E-state index contributed by atoms with van der Waals surface area (Å²) in [6.45, 7) is 6.11. The van der Waals surface area contributed by atoms with Gasteiger partial charge in [-0.15, -0.1) is 35.3 Å². The second-order valence-electron chi connectivity index (χ2n) is 5.41. The van der Waals surface area contributed by atoms with Gasteiger partial charge in [-0.25, -0.2) is 4.98 Å². The minimum Gasteiger partial charge on any atom is -0.356 e. The maximum atomic E-state index is 4.61. The third-order valence-corrected chi connectivity index (χ3v) is 4.20. The fraction of sp³-hybridized carbons (Fsp3) is 0.714. The van der Waals surface area contributed by atoms with Crippen LogP contribution < -0.4 is 10.6 Å². The van der Waals surface area contributed by atoms with E-state index in [-0.39, 0.29) is 24.0 Å². The number of guanidine groups is 1. The molecule has 0 bridgehead atoms. The van der Waals surface area contributed by atoms with Crippen LogP contribution in [0, 0.1) is 5.92 Å². The number of aliphatic imine (C=N–C) groups is 1. The second-order valence-corrected chi connectivity index (χ2v) is 6.35. The Labute approximate surface area is 142 Å². The first kappa shape index (κ1) is 17.7. The molecule has 0 atom stereocenters. The van der Waals surface area contributed by atoms with E-state index in [1.54, 1.807) is 11.3 Å². The van der Waals surface area contributed by atoms with Gasteiger partial charge < -0.3 is 10.6 Å². The molecule has 4 nitrogen and oxygen atoms in total. The lowest BCUT2D eigenvalue weighted by Gasteiger charge is -2.10. The molecule has 0 aromatic carbocycles. The van der Waals surface area contributed by atoms with Crippen molar-refractivity contribution >= 4 is 41.3 Å². The topological polar surface area (TPSA) is 49.3 Å². The average molecular weight is 408 g/mol. The monoisotopic (exact) mass is 408 g/mol. The first-order valence-electron chi connectivity index (χ1n) is 7.08. The summed E-state index contributed by atoms with van der Waals surface area (Å²) in [6.07, 6.45) is 4.07. The number of halogens is 1. The molecule has 1 aromatic rings. The molecule has 1 aromatic heterocycles. The molecular formula is C14H25IN4S. The molecule has 0 spiro atoms. The van der Waals surface area contributed by atoms with Gasteiger partial charge in [-0.3, -0.25) is 4.99 Å². The maximum Gasteiger partial charge on any atom is 0.191 e. The normalized spacial score (nSPS) is 15.1. The molecule has 114 valence electrons. The second kappa shape index (κ2) is 8.81. The zero-order valence-electron chi connectivity index (χ0n) is 12.5. The lowest BCUT2D eigenvalue weighted by Crippen LogP contribution is -2.37.